The maximum Gasteiger partial charge on any atom is 0.191 e. The molecule has 3 fully saturated rings. The van der Waals surface area contributed by atoms with E-state index >= 15 is 0 Å². The van der Waals surface area contributed by atoms with Gasteiger partial charge in [-0.1, -0.05) is 25.7 Å². The molecule has 2 heterocycles. The Morgan fingerprint density at radius 3 is 2.26 bits per heavy atom. The van der Waals surface area contributed by atoms with Crippen molar-refractivity contribution in [3.63, 3.8) is 0 Å². The average Bonchev–Trinajstić information content (AvgIpc) is 2.74. The number of aliphatic imine (C=N–C) groups is 1. The molecule has 0 amide bonds. The standard InChI is InChI=1S/C17H31N3O2.HI/c18-16(20-11-7-3-4-8-12-20)19-13-15-14-21-17(22-15)9-5-1-2-6-10-17;/h15H,1-14H2,(H2,18,19);1H. The maximum absolute atomic E-state index is 6.23. The van der Waals surface area contributed by atoms with Crippen molar-refractivity contribution >= 4 is 29.9 Å². The zero-order chi connectivity index (χ0) is 15.3. The largest absolute Gasteiger partial charge is 0.370 e. The highest BCUT2D eigenvalue weighted by Gasteiger charge is 2.41. The summed E-state index contributed by atoms with van der Waals surface area (Å²) in [5, 5.41) is 0. The summed E-state index contributed by atoms with van der Waals surface area (Å²) >= 11 is 0. The van der Waals surface area contributed by atoms with Crippen LogP contribution in [0.3, 0.4) is 0 Å². The first kappa shape index (κ1) is 19.2. The van der Waals surface area contributed by atoms with Gasteiger partial charge in [0.15, 0.2) is 11.7 Å². The molecule has 1 aliphatic carbocycles. The minimum absolute atomic E-state index is 0. The Labute approximate surface area is 157 Å². The van der Waals surface area contributed by atoms with Crippen molar-refractivity contribution < 1.29 is 9.47 Å². The third kappa shape index (κ3) is 5.46. The molecule has 5 nitrogen and oxygen atoms in total. The lowest BCUT2D eigenvalue weighted by molar-refractivity contribution is -0.174. The number of nitrogens with two attached hydrogens (primary N) is 1. The molecule has 1 spiro atoms. The molecule has 1 saturated carbocycles. The molecule has 3 rings (SSSR count). The normalized spacial score (nSPS) is 29.0. The lowest BCUT2D eigenvalue weighted by Gasteiger charge is -2.26. The van der Waals surface area contributed by atoms with Gasteiger partial charge in [-0.25, -0.2) is 0 Å². The Bertz CT molecular complexity index is 376. The zero-order valence-electron chi connectivity index (χ0n) is 14.2. The Morgan fingerprint density at radius 2 is 1.61 bits per heavy atom. The second kappa shape index (κ2) is 9.42. The first-order valence-electron chi connectivity index (χ1n) is 9.14. The molecule has 0 aromatic heterocycles. The third-order valence-corrected chi connectivity index (χ3v) is 5.17. The molecule has 1 atom stereocenters. The number of halogens is 1. The van der Waals surface area contributed by atoms with E-state index in [1.807, 2.05) is 0 Å². The summed E-state index contributed by atoms with van der Waals surface area (Å²) in [7, 11) is 0. The summed E-state index contributed by atoms with van der Waals surface area (Å²) in [4.78, 5) is 6.81. The Kier molecular flexibility index (Phi) is 7.88. The highest BCUT2D eigenvalue weighted by Crippen LogP contribution is 2.36. The molecule has 0 aromatic carbocycles. The van der Waals surface area contributed by atoms with Crippen molar-refractivity contribution in [2.75, 3.05) is 26.2 Å². The Morgan fingerprint density at radius 1 is 1.00 bits per heavy atom. The van der Waals surface area contributed by atoms with Gasteiger partial charge in [0, 0.05) is 25.9 Å². The van der Waals surface area contributed by atoms with Crippen LogP contribution in [0.25, 0.3) is 0 Å². The average molecular weight is 437 g/mol. The molecule has 0 aromatic rings. The van der Waals surface area contributed by atoms with Gasteiger partial charge in [-0.3, -0.25) is 4.99 Å². The van der Waals surface area contributed by atoms with Crippen molar-refractivity contribution in [2.45, 2.75) is 76.1 Å². The Hall–Kier alpha value is -0.0800. The van der Waals surface area contributed by atoms with E-state index in [-0.39, 0.29) is 35.9 Å². The summed E-state index contributed by atoms with van der Waals surface area (Å²) in [6.45, 7) is 3.38. The summed E-state index contributed by atoms with van der Waals surface area (Å²) in [5.41, 5.74) is 6.17. The lowest BCUT2D eigenvalue weighted by Crippen LogP contribution is -2.39. The predicted octanol–water partition coefficient (Wildman–Crippen LogP) is 3.26. The first-order valence-corrected chi connectivity index (χ1v) is 9.14. The second-order valence-corrected chi connectivity index (χ2v) is 6.98. The van der Waals surface area contributed by atoms with Crippen LogP contribution in [-0.4, -0.2) is 49.0 Å². The van der Waals surface area contributed by atoms with E-state index in [0.717, 1.165) is 25.9 Å². The van der Waals surface area contributed by atoms with Gasteiger partial charge in [-0.15, -0.1) is 24.0 Å². The molecular formula is C17H32IN3O2. The molecule has 2 aliphatic heterocycles. The van der Waals surface area contributed by atoms with Gasteiger partial charge in [0.2, 0.25) is 0 Å². The fourth-order valence-corrected chi connectivity index (χ4v) is 3.83. The molecule has 1 unspecified atom stereocenters. The molecular weight excluding hydrogens is 405 g/mol. The van der Waals surface area contributed by atoms with Crippen LogP contribution < -0.4 is 5.73 Å². The first-order chi connectivity index (χ1) is 10.8. The molecule has 2 N–H and O–H groups in total. The van der Waals surface area contributed by atoms with Crippen LogP contribution in [0.5, 0.6) is 0 Å². The fourth-order valence-electron chi connectivity index (χ4n) is 3.83. The quantitative estimate of drug-likeness (QED) is 0.409. The number of rotatable bonds is 2. The van der Waals surface area contributed by atoms with Crippen LogP contribution in [0.15, 0.2) is 4.99 Å². The monoisotopic (exact) mass is 437 g/mol. The van der Waals surface area contributed by atoms with Crippen LogP contribution >= 0.6 is 24.0 Å². The minimum atomic E-state index is -0.311. The maximum atomic E-state index is 6.23. The Balaban J connectivity index is 0.00000192. The van der Waals surface area contributed by atoms with E-state index in [0.29, 0.717) is 19.1 Å². The summed E-state index contributed by atoms with van der Waals surface area (Å²) < 4.78 is 12.3. The number of likely N-dealkylation sites (tertiary alicyclic amines) is 1. The van der Waals surface area contributed by atoms with Gasteiger partial charge in [0.05, 0.1) is 13.2 Å². The minimum Gasteiger partial charge on any atom is -0.370 e. The van der Waals surface area contributed by atoms with Crippen LogP contribution in [0.4, 0.5) is 0 Å². The number of nitrogens with zero attached hydrogens (tertiary/aromatic N) is 2. The van der Waals surface area contributed by atoms with Gasteiger partial charge in [-0.2, -0.15) is 0 Å². The second-order valence-electron chi connectivity index (χ2n) is 6.98. The van der Waals surface area contributed by atoms with Gasteiger partial charge in [0.25, 0.3) is 0 Å². The fraction of sp³-hybridized carbons (Fsp3) is 0.941. The van der Waals surface area contributed by atoms with E-state index in [1.54, 1.807) is 0 Å². The predicted molar refractivity (Wildman–Crippen MR) is 103 cm³/mol. The van der Waals surface area contributed by atoms with Gasteiger partial charge in [-0.05, 0) is 25.7 Å². The van der Waals surface area contributed by atoms with Gasteiger partial charge >= 0.3 is 0 Å². The molecule has 2 saturated heterocycles. The van der Waals surface area contributed by atoms with E-state index in [9.17, 15) is 0 Å². The number of hydrogen-bond donors (Lipinski definition) is 1. The van der Waals surface area contributed by atoms with Crippen molar-refractivity contribution in [3.8, 4) is 0 Å². The van der Waals surface area contributed by atoms with Crippen LogP contribution in [0.1, 0.15) is 64.2 Å². The van der Waals surface area contributed by atoms with E-state index in [1.165, 1.54) is 51.4 Å². The van der Waals surface area contributed by atoms with Gasteiger partial charge in [0.1, 0.15) is 6.10 Å². The van der Waals surface area contributed by atoms with E-state index in [2.05, 4.69) is 9.89 Å². The summed E-state index contributed by atoms with van der Waals surface area (Å²) in [6.07, 6.45) is 12.3. The van der Waals surface area contributed by atoms with E-state index in [4.69, 9.17) is 15.2 Å². The molecule has 3 aliphatic rings. The summed E-state index contributed by atoms with van der Waals surface area (Å²) in [6, 6.07) is 0. The van der Waals surface area contributed by atoms with Gasteiger partial charge < -0.3 is 20.1 Å². The molecule has 134 valence electrons. The van der Waals surface area contributed by atoms with Crippen LogP contribution in [0.2, 0.25) is 0 Å². The lowest BCUT2D eigenvalue weighted by atomic mass is 10.1. The van der Waals surface area contributed by atoms with Crippen molar-refractivity contribution in [2.24, 2.45) is 10.7 Å². The van der Waals surface area contributed by atoms with Crippen LogP contribution in [0, 0.1) is 0 Å². The van der Waals surface area contributed by atoms with Crippen molar-refractivity contribution in [1.29, 1.82) is 0 Å². The molecule has 6 heteroatoms. The topological polar surface area (TPSA) is 60.1 Å². The van der Waals surface area contributed by atoms with Crippen LogP contribution in [-0.2, 0) is 9.47 Å². The highest BCUT2D eigenvalue weighted by atomic mass is 127. The summed E-state index contributed by atoms with van der Waals surface area (Å²) in [5.74, 6) is 0.376. The van der Waals surface area contributed by atoms with Crippen molar-refractivity contribution in [1.82, 2.24) is 4.90 Å². The number of hydrogen-bond acceptors (Lipinski definition) is 3. The number of ether oxygens (including phenoxy) is 2. The molecule has 0 radical (unpaired) electrons. The van der Waals surface area contributed by atoms with Crippen molar-refractivity contribution in [3.05, 3.63) is 0 Å². The molecule has 0 bridgehead atoms. The molecule has 23 heavy (non-hydrogen) atoms. The third-order valence-electron chi connectivity index (χ3n) is 5.17. The highest BCUT2D eigenvalue weighted by molar-refractivity contribution is 14.0. The van der Waals surface area contributed by atoms with E-state index < -0.39 is 0 Å². The zero-order valence-corrected chi connectivity index (χ0v) is 16.5. The number of guanidine groups is 1. The smallest absolute Gasteiger partial charge is 0.191 e. The SMILES string of the molecule is I.NC(=NCC1COC2(CCCCCC2)O1)N1CCCCCC1.